The highest BCUT2D eigenvalue weighted by molar-refractivity contribution is 5.67. The van der Waals surface area contributed by atoms with E-state index >= 15 is 0 Å². The van der Waals surface area contributed by atoms with E-state index in [9.17, 15) is 15.0 Å². The number of carboxylic acid groups (broad SMARTS) is 1. The van der Waals surface area contributed by atoms with Gasteiger partial charge in [-0.3, -0.25) is 0 Å². The summed E-state index contributed by atoms with van der Waals surface area (Å²) in [5, 5.41) is 36.2. The van der Waals surface area contributed by atoms with Crippen LogP contribution < -0.4 is 0 Å². The van der Waals surface area contributed by atoms with Crippen molar-refractivity contribution in [1.82, 2.24) is 0 Å². The fourth-order valence-electron chi connectivity index (χ4n) is 1.61. The summed E-state index contributed by atoms with van der Waals surface area (Å²) in [7, 11) is 0. The highest BCUT2D eigenvalue weighted by Gasteiger charge is 2.38. The van der Waals surface area contributed by atoms with Crippen LogP contribution in [0.5, 0.6) is 0 Å². The zero-order valence-corrected chi connectivity index (χ0v) is 8.65. The smallest absolute Gasteiger partial charge is 0.329 e. The van der Waals surface area contributed by atoms with Gasteiger partial charge in [0.15, 0.2) is 0 Å². The topological polar surface area (TPSA) is 116 Å². The maximum absolute atomic E-state index is 10.2. The van der Waals surface area contributed by atoms with Gasteiger partial charge in [-0.1, -0.05) is 0 Å². The summed E-state index contributed by atoms with van der Waals surface area (Å²) in [6.45, 7) is -0.921. The highest BCUT2D eigenvalue weighted by Crippen LogP contribution is 2.21. The van der Waals surface area contributed by atoms with Crippen LogP contribution >= 0.6 is 0 Å². The summed E-state index contributed by atoms with van der Waals surface area (Å²) in [6.07, 6.45) is -2.73. The molecule has 16 heavy (non-hydrogen) atoms. The number of rotatable bonds is 5. The summed E-state index contributed by atoms with van der Waals surface area (Å²) in [6, 6.07) is 0. The van der Waals surface area contributed by atoms with Gasteiger partial charge in [0.2, 0.25) is 0 Å². The molecule has 1 rings (SSSR count). The number of ether oxygens (including phenoxy) is 2. The van der Waals surface area contributed by atoms with E-state index in [4.69, 9.17) is 19.7 Å². The van der Waals surface area contributed by atoms with Crippen molar-refractivity contribution in [3.8, 4) is 0 Å². The molecule has 1 heterocycles. The van der Waals surface area contributed by atoms with Crippen LogP contribution in [-0.4, -0.2) is 71.1 Å². The molecule has 1 aliphatic rings. The lowest BCUT2D eigenvalue weighted by Crippen LogP contribution is -2.52. The number of aliphatic carboxylic acids is 1. The zero-order valence-electron chi connectivity index (χ0n) is 8.65. The summed E-state index contributed by atoms with van der Waals surface area (Å²) < 4.78 is 9.98. The quantitative estimate of drug-likeness (QED) is 0.428. The predicted molar refractivity (Wildman–Crippen MR) is 50.8 cm³/mol. The molecule has 0 radical (unpaired) electrons. The van der Waals surface area contributed by atoms with Gasteiger partial charge < -0.3 is 29.9 Å². The molecule has 0 aromatic rings. The van der Waals surface area contributed by atoms with E-state index in [1.807, 2.05) is 0 Å². The van der Waals surface area contributed by atoms with Gasteiger partial charge in [0.05, 0.1) is 32.0 Å². The second kappa shape index (κ2) is 6.12. The minimum Gasteiger partial charge on any atom is -0.480 e. The van der Waals surface area contributed by atoms with E-state index in [0.717, 1.165) is 0 Å². The largest absolute Gasteiger partial charge is 0.480 e. The van der Waals surface area contributed by atoms with Crippen LogP contribution in [0.3, 0.4) is 0 Å². The first-order valence-corrected chi connectivity index (χ1v) is 4.94. The van der Waals surface area contributed by atoms with Crippen molar-refractivity contribution < 1.29 is 34.7 Å². The van der Waals surface area contributed by atoms with Crippen molar-refractivity contribution in [2.24, 2.45) is 5.92 Å². The summed E-state index contributed by atoms with van der Waals surface area (Å²) in [4.78, 5) is 10.2. The molecule has 1 saturated heterocycles. The minimum absolute atomic E-state index is 0.0404. The molecular weight excluding hydrogens is 220 g/mol. The monoisotopic (exact) mass is 236 g/mol. The van der Waals surface area contributed by atoms with Gasteiger partial charge in [-0.15, -0.1) is 0 Å². The van der Waals surface area contributed by atoms with Gasteiger partial charge >= 0.3 is 5.97 Å². The summed E-state index contributed by atoms with van der Waals surface area (Å²) in [5.74, 6) is -1.77. The van der Waals surface area contributed by atoms with Crippen LogP contribution in [-0.2, 0) is 14.3 Å². The maximum Gasteiger partial charge on any atom is 0.329 e. The third-order valence-corrected chi connectivity index (χ3v) is 2.51. The van der Waals surface area contributed by atoms with Gasteiger partial charge in [0.25, 0.3) is 0 Å². The van der Waals surface area contributed by atoms with E-state index in [2.05, 4.69) is 0 Å². The molecule has 4 N–H and O–H groups in total. The fourth-order valence-corrected chi connectivity index (χ4v) is 1.61. The van der Waals surface area contributed by atoms with Crippen molar-refractivity contribution in [2.75, 3.05) is 26.4 Å². The van der Waals surface area contributed by atoms with E-state index in [-0.39, 0.29) is 19.8 Å². The standard InChI is InChI=1S/C9H16O7/c10-1-5-7(3-15-4-8(12)13)16-2-6(11)9(5)14/h5-7,9-11,14H,1-4H2,(H,12,13). The summed E-state index contributed by atoms with van der Waals surface area (Å²) in [5.41, 5.74) is 0. The van der Waals surface area contributed by atoms with Crippen LogP contribution in [0.1, 0.15) is 0 Å². The molecule has 4 atom stereocenters. The number of carboxylic acids is 1. The number of aliphatic hydroxyl groups is 3. The Hall–Kier alpha value is -0.730. The number of aliphatic hydroxyl groups excluding tert-OH is 3. The zero-order chi connectivity index (χ0) is 12.1. The molecule has 1 aliphatic heterocycles. The Labute approximate surface area is 92.2 Å². The highest BCUT2D eigenvalue weighted by atomic mass is 16.6. The second-order valence-electron chi connectivity index (χ2n) is 3.69. The molecule has 0 amide bonds. The molecule has 0 bridgehead atoms. The van der Waals surface area contributed by atoms with Crippen LogP contribution in [0.4, 0.5) is 0 Å². The van der Waals surface area contributed by atoms with E-state index in [0.29, 0.717) is 0 Å². The first-order valence-electron chi connectivity index (χ1n) is 4.94. The molecular formula is C9H16O7. The average molecular weight is 236 g/mol. The Morgan fingerprint density at radius 2 is 2.12 bits per heavy atom. The Bertz CT molecular complexity index is 232. The first kappa shape index (κ1) is 13.3. The van der Waals surface area contributed by atoms with Crippen LogP contribution in [0.15, 0.2) is 0 Å². The van der Waals surface area contributed by atoms with Gasteiger partial charge in [-0.05, 0) is 0 Å². The van der Waals surface area contributed by atoms with Crippen LogP contribution in [0.25, 0.3) is 0 Å². The van der Waals surface area contributed by atoms with Crippen LogP contribution in [0, 0.1) is 5.92 Å². The van der Waals surface area contributed by atoms with Gasteiger partial charge in [0, 0.05) is 5.92 Å². The lowest BCUT2D eigenvalue weighted by Gasteiger charge is -2.37. The summed E-state index contributed by atoms with van der Waals surface area (Å²) >= 11 is 0. The van der Waals surface area contributed by atoms with Crippen molar-refractivity contribution in [3.05, 3.63) is 0 Å². The number of hydrogen-bond donors (Lipinski definition) is 4. The lowest BCUT2D eigenvalue weighted by atomic mass is 9.91. The van der Waals surface area contributed by atoms with Gasteiger partial charge in [-0.25, -0.2) is 4.79 Å². The van der Waals surface area contributed by atoms with E-state index < -0.39 is 36.8 Å². The van der Waals surface area contributed by atoms with Crippen molar-refractivity contribution in [1.29, 1.82) is 0 Å². The van der Waals surface area contributed by atoms with E-state index in [1.165, 1.54) is 0 Å². The molecule has 1 fully saturated rings. The molecule has 7 heteroatoms. The SMILES string of the molecule is O=C(O)COCC1OCC(O)C(O)C1CO. The Kier molecular flexibility index (Phi) is 5.10. The molecule has 0 saturated carbocycles. The number of carbonyl (C=O) groups is 1. The normalized spacial score (nSPS) is 34.9. The average Bonchev–Trinajstić information content (AvgIpc) is 2.23. The lowest BCUT2D eigenvalue weighted by molar-refractivity contribution is -0.183. The molecule has 7 nitrogen and oxygen atoms in total. The third kappa shape index (κ3) is 3.39. The van der Waals surface area contributed by atoms with Crippen molar-refractivity contribution in [2.45, 2.75) is 18.3 Å². The first-order chi connectivity index (χ1) is 7.56. The third-order valence-electron chi connectivity index (χ3n) is 2.51. The maximum atomic E-state index is 10.2. The fraction of sp³-hybridized carbons (Fsp3) is 0.889. The van der Waals surface area contributed by atoms with Gasteiger partial charge in [0.1, 0.15) is 12.7 Å². The number of hydrogen-bond acceptors (Lipinski definition) is 6. The molecule has 0 aliphatic carbocycles. The molecule has 0 spiro atoms. The van der Waals surface area contributed by atoms with Gasteiger partial charge in [-0.2, -0.15) is 0 Å². The molecule has 94 valence electrons. The van der Waals surface area contributed by atoms with Crippen molar-refractivity contribution >= 4 is 5.97 Å². The second-order valence-corrected chi connectivity index (χ2v) is 3.69. The molecule has 0 aromatic heterocycles. The molecule has 0 aromatic carbocycles. The van der Waals surface area contributed by atoms with Crippen molar-refractivity contribution in [3.63, 3.8) is 0 Å². The Morgan fingerprint density at radius 1 is 1.44 bits per heavy atom. The minimum atomic E-state index is -1.10. The Morgan fingerprint density at radius 3 is 2.69 bits per heavy atom. The predicted octanol–water partition coefficient (Wildman–Crippen LogP) is -2.18. The van der Waals surface area contributed by atoms with E-state index in [1.54, 1.807) is 0 Å². The van der Waals surface area contributed by atoms with Crippen LogP contribution in [0.2, 0.25) is 0 Å². The Balaban J connectivity index is 2.42. The molecule has 4 unspecified atom stereocenters.